The van der Waals surface area contributed by atoms with Gasteiger partial charge in [0.2, 0.25) is 5.91 Å². The van der Waals surface area contributed by atoms with Crippen LogP contribution in [0.15, 0.2) is 72.9 Å². The molecule has 14 nitrogen and oxygen atoms in total. The average Bonchev–Trinajstić information content (AvgIpc) is 1.78. The number of amides is 1. The van der Waals surface area contributed by atoms with E-state index in [-0.39, 0.29) is 18.9 Å². The summed E-state index contributed by atoms with van der Waals surface area (Å²) in [4.78, 5) is 13.3. The maximum absolute atomic E-state index is 13.3. The number of ether oxygens (including phenoxy) is 4. The van der Waals surface area contributed by atoms with Crippen molar-refractivity contribution in [3.63, 3.8) is 0 Å². The van der Waals surface area contributed by atoms with Gasteiger partial charge in [0.15, 0.2) is 12.6 Å². The fourth-order valence-corrected chi connectivity index (χ4v) is 11.7. The van der Waals surface area contributed by atoms with Crippen LogP contribution in [0.25, 0.3) is 0 Å². The SMILES string of the molecule is CC/C=C\C/C=C\C/C=C\C/C=C\CCCCCCCCCCCCC(=O)NC(COC1OC(CO)C(OC2OC(CO)C(O)C(O)C2O)C(O)C1O)C(O)/C=C/CC/C=C/CCCCCCCCCCCCCCCCCCCCCCCCCCC. The van der Waals surface area contributed by atoms with E-state index >= 15 is 0 Å². The second-order valence-corrected chi connectivity index (χ2v) is 25.3. The van der Waals surface area contributed by atoms with Crippen LogP contribution in [-0.4, -0.2) is 140 Å². The van der Waals surface area contributed by atoms with E-state index < -0.39 is 86.8 Å². The number of nitrogens with one attached hydrogen (secondary N) is 1. The zero-order valence-corrected chi connectivity index (χ0v) is 55.7. The highest BCUT2D eigenvalue weighted by atomic mass is 16.7. The lowest BCUT2D eigenvalue weighted by molar-refractivity contribution is -0.359. The summed E-state index contributed by atoms with van der Waals surface area (Å²) in [5, 5.41) is 87.5. The van der Waals surface area contributed by atoms with Gasteiger partial charge in [0.1, 0.15) is 48.8 Å². The van der Waals surface area contributed by atoms with Crippen LogP contribution in [0.1, 0.15) is 296 Å². The first-order valence-corrected chi connectivity index (χ1v) is 36.2. The number of carbonyl (C=O) groups is 1. The third kappa shape index (κ3) is 41.8. The van der Waals surface area contributed by atoms with Gasteiger partial charge in [-0.3, -0.25) is 4.79 Å². The van der Waals surface area contributed by atoms with E-state index in [2.05, 4.69) is 79.9 Å². The van der Waals surface area contributed by atoms with Gasteiger partial charge in [0.05, 0.1) is 32.0 Å². The number of carbonyl (C=O) groups excluding carboxylic acids is 1. The maximum Gasteiger partial charge on any atom is 0.220 e. The molecule has 0 aliphatic carbocycles. The van der Waals surface area contributed by atoms with Crippen molar-refractivity contribution in [2.24, 2.45) is 0 Å². The number of hydrogen-bond donors (Lipinski definition) is 9. The molecule has 12 atom stereocenters. The highest BCUT2D eigenvalue weighted by Crippen LogP contribution is 2.30. The van der Waals surface area contributed by atoms with Crippen molar-refractivity contribution in [2.45, 2.75) is 370 Å². The number of unbranched alkanes of at least 4 members (excludes halogenated alkanes) is 36. The van der Waals surface area contributed by atoms with Crippen molar-refractivity contribution in [3.05, 3.63) is 72.9 Å². The summed E-state index contributed by atoms with van der Waals surface area (Å²) in [6.45, 7) is 2.70. The quantitative estimate of drug-likeness (QED) is 0.0204. The molecule has 0 aromatic heterocycles. The van der Waals surface area contributed by atoms with Crippen molar-refractivity contribution in [1.29, 1.82) is 0 Å². The fraction of sp³-hybridized carbons (Fsp3) is 0.824. The molecule has 2 fully saturated rings. The Labute approximate surface area is 536 Å². The van der Waals surface area contributed by atoms with Crippen molar-refractivity contribution in [1.82, 2.24) is 5.32 Å². The van der Waals surface area contributed by atoms with E-state index in [1.807, 2.05) is 6.08 Å². The van der Waals surface area contributed by atoms with E-state index in [0.29, 0.717) is 12.8 Å². The molecule has 2 rings (SSSR count). The van der Waals surface area contributed by atoms with E-state index in [1.54, 1.807) is 6.08 Å². The number of aliphatic hydroxyl groups is 8. The molecular formula is C74H133NO13. The molecule has 12 unspecified atom stereocenters. The standard InChI is InChI=1S/C74H133NO13/c1-3-5-7-9-11-13-15-17-19-21-23-25-27-28-29-30-31-32-33-34-36-37-39-41-43-45-47-49-51-53-55-57-63(78)62(61-85-73-71(84)69(82)72(65(60-77)87-73)88-74-70(83)68(81)67(80)64(59-76)86-74)75-66(79)58-56-54-52-50-48-46-44-42-40-38-35-26-24-22-20-18-16-14-12-10-8-6-4-2/h6,8,12,14,18,20,24,26,47,49,55,57,62-65,67-74,76-78,80-84H,3-5,7,9-11,13,15-17,19,21-23,25,27-46,48,50-54,56,58-61H2,1-2H3,(H,75,79)/b8-6-,14-12-,20-18-,26-24-,49-47+,57-55+. The molecule has 2 aliphatic rings. The Morgan fingerprint density at radius 3 is 1.25 bits per heavy atom. The first kappa shape index (κ1) is 81.5. The topological polar surface area (TPSA) is 228 Å². The molecule has 0 aromatic rings. The molecule has 0 radical (unpaired) electrons. The summed E-state index contributed by atoms with van der Waals surface area (Å²) < 4.78 is 22.8. The van der Waals surface area contributed by atoms with Crippen LogP contribution in [-0.2, 0) is 23.7 Å². The molecule has 0 spiro atoms. The second kappa shape index (κ2) is 58.3. The van der Waals surface area contributed by atoms with Gasteiger partial charge in [-0.1, -0.05) is 292 Å². The number of allylic oxidation sites excluding steroid dienone is 11. The van der Waals surface area contributed by atoms with Crippen LogP contribution in [0.4, 0.5) is 0 Å². The average molecular weight is 1240 g/mol. The van der Waals surface area contributed by atoms with E-state index in [1.165, 1.54) is 199 Å². The molecule has 512 valence electrons. The van der Waals surface area contributed by atoms with Gasteiger partial charge >= 0.3 is 0 Å². The molecule has 9 N–H and O–H groups in total. The second-order valence-electron chi connectivity index (χ2n) is 25.3. The molecule has 0 bridgehead atoms. The van der Waals surface area contributed by atoms with Crippen LogP contribution in [0.5, 0.6) is 0 Å². The lowest BCUT2D eigenvalue weighted by Crippen LogP contribution is -2.65. The smallest absolute Gasteiger partial charge is 0.220 e. The van der Waals surface area contributed by atoms with Crippen molar-refractivity contribution < 1.29 is 64.6 Å². The van der Waals surface area contributed by atoms with Crippen LogP contribution in [0, 0.1) is 0 Å². The summed E-state index contributed by atoms with van der Waals surface area (Å²) >= 11 is 0. The minimum absolute atomic E-state index is 0.253. The summed E-state index contributed by atoms with van der Waals surface area (Å²) in [5.41, 5.74) is 0. The van der Waals surface area contributed by atoms with Gasteiger partial charge < -0.3 is 65.1 Å². The lowest BCUT2D eigenvalue weighted by atomic mass is 9.97. The Balaban J connectivity index is 1.68. The highest BCUT2D eigenvalue weighted by Gasteiger charge is 2.51. The molecule has 2 saturated heterocycles. The van der Waals surface area contributed by atoms with Gasteiger partial charge in [-0.05, 0) is 70.6 Å². The predicted molar refractivity (Wildman–Crippen MR) is 360 cm³/mol. The van der Waals surface area contributed by atoms with Gasteiger partial charge in [0.25, 0.3) is 0 Å². The number of aliphatic hydroxyl groups excluding tert-OH is 8. The van der Waals surface area contributed by atoms with Crippen molar-refractivity contribution >= 4 is 5.91 Å². The zero-order valence-electron chi connectivity index (χ0n) is 55.7. The molecule has 14 heteroatoms. The van der Waals surface area contributed by atoms with Gasteiger partial charge in [-0.2, -0.15) is 0 Å². The molecule has 88 heavy (non-hydrogen) atoms. The fourth-order valence-electron chi connectivity index (χ4n) is 11.7. The van der Waals surface area contributed by atoms with Crippen molar-refractivity contribution in [3.8, 4) is 0 Å². The Bertz CT molecular complexity index is 1750. The van der Waals surface area contributed by atoms with Crippen molar-refractivity contribution in [2.75, 3.05) is 19.8 Å². The molecule has 0 aromatic carbocycles. The first-order chi connectivity index (χ1) is 43.1. The molecule has 0 saturated carbocycles. The van der Waals surface area contributed by atoms with Gasteiger partial charge in [-0.25, -0.2) is 0 Å². The Hall–Kier alpha value is -2.57. The molecular weight excluding hydrogens is 1110 g/mol. The Morgan fingerprint density at radius 1 is 0.420 bits per heavy atom. The number of rotatable bonds is 59. The minimum Gasteiger partial charge on any atom is -0.394 e. The van der Waals surface area contributed by atoms with Crippen LogP contribution in [0.2, 0.25) is 0 Å². The van der Waals surface area contributed by atoms with Crippen LogP contribution >= 0.6 is 0 Å². The van der Waals surface area contributed by atoms with E-state index in [4.69, 9.17) is 18.9 Å². The lowest BCUT2D eigenvalue weighted by Gasteiger charge is -2.46. The maximum atomic E-state index is 13.3. The molecule has 2 heterocycles. The van der Waals surface area contributed by atoms with Crippen LogP contribution < -0.4 is 5.32 Å². The first-order valence-electron chi connectivity index (χ1n) is 36.2. The molecule has 1 amide bonds. The minimum atomic E-state index is -1.80. The molecule has 2 aliphatic heterocycles. The summed E-state index contributed by atoms with van der Waals surface area (Å²) in [5.74, 6) is -0.253. The van der Waals surface area contributed by atoms with Gasteiger partial charge in [0, 0.05) is 6.42 Å². The third-order valence-corrected chi connectivity index (χ3v) is 17.4. The highest BCUT2D eigenvalue weighted by molar-refractivity contribution is 5.76. The predicted octanol–water partition coefficient (Wildman–Crippen LogP) is 15.0. The number of hydrogen-bond acceptors (Lipinski definition) is 13. The van der Waals surface area contributed by atoms with Gasteiger partial charge in [-0.15, -0.1) is 0 Å². The summed E-state index contributed by atoms with van der Waals surface area (Å²) in [6.07, 6.45) is 62.5. The zero-order chi connectivity index (χ0) is 63.8. The van der Waals surface area contributed by atoms with Crippen LogP contribution in [0.3, 0.4) is 0 Å². The van der Waals surface area contributed by atoms with E-state index in [0.717, 1.165) is 64.2 Å². The van der Waals surface area contributed by atoms with E-state index in [9.17, 15) is 45.6 Å². The summed E-state index contributed by atoms with van der Waals surface area (Å²) in [7, 11) is 0. The largest absolute Gasteiger partial charge is 0.394 e. The third-order valence-electron chi connectivity index (χ3n) is 17.4. The monoisotopic (exact) mass is 1240 g/mol. The Morgan fingerprint density at radius 2 is 0.795 bits per heavy atom. The Kier molecular flexibility index (Phi) is 54.0. The summed E-state index contributed by atoms with van der Waals surface area (Å²) in [6, 6.07) is -0.939. The normalized spacial score (nSPS) is 23.6.